The molecule has 0 aromatic carbocycles. The van der Waals surface area contributed by atoms with Crippen LogP contribution in [0.5, 0.6) is 0 Å². The van der Waals surface area contributed by atoms with E-state index in [-0.39, 0.29) is 18.0 Å². The molecule has 14 heavy (non-hydrogen) atoms. The molecule has 0 aliphatic heterocycles. The lowest BCUT2D eigenvalue weighted by Gasteiger charge is -2.26. The SMILES string of the molecule is CS/C=C/C(=O)NC1CCCC(N)C1. The second kappa shape index (κ2) is 6.09. The highest BCUT2D eigenvalue weighted by Crippen LogP contribution is 2.16. The molecule has 0 heterocycles. The minimum atomic E-state index is -0.00144. The van der Waals surface area contributed by atoms with Crippen LogP contribution in [-0.2, 0) is 4.79 Å². The summed E-state index contributed by atoms with van der Waals surface area (Å²) in [6, 6.07) is 0.538. The van der Waals surface area contributed by atoms with Crippen molar-refractivity contribution in [1.82, 2.24) is 5.32 Å². The molecule has 1 fully saturated rings. The van der Waals surface area contributed by atoms with E-state index in [1.807, 2.05) is 6.26 Å². The number of thioether (sulfide) groups is 1. The second-order valence-electron chi connectivity index (χ2n) is 3.67. The second-order valence-corrected chi connectivity index (χ2v) is 4.41. The van der Waals surface area contributed by atoms with Gasteiger partial charge in [0.2, 0.25) is 5.91 Å². The monoisotopic (exact) mass is 214 g/mol. The van der Waals surface area contributed by atoms with Gasteiger partial charge >= 0.3 is 0 Å². The van der Waals surface area contributed by atoms with Crippen LogP contribution in [0.15, 0.2) is 11.5 Å². The van der Waals surface area contributed by atoms with Crippen molar-refractivity contribution in [1.29, 1.82) is 0 Å². The van der Waals surface area contributed by atoms with Crippen molar-refractivity contribution < 1.29 is 4.79 Å². The van der Waals surface area contributed by atoms with Crippen LogP contribution in [0.4, 0.5) is 0 Å². The van der Waals surface area contributed by atoms with Crippen LogP contribution in [0.1, 0.15) is 25.7 Å². The van der Waals surface area contributed by atoms with Gasteiger partial charge in [-0.3, -0.25) is 4.79 Å². The Labute approximate surface area is 89.5 Å². The highest BCUT2D eigenvalue weighted by molar-refractivity contribution is 8.01. The zero-order valence-corrected chi connectivity index (χ0v) is 9.35. The van der Waals surface area contributed by atoms with E-state index in [0.717, 1.165) is 25.7 Å². The lowest BCUT2D eigenvalue weighted by atomic mass is 9.92. The van der Waals surface area contributed by atoms with Gasteiger partial charge in [-0.1, -0.05) is 0 Å². The van der Waals surface area contributed by atoms with Crippen molar-refractivity contribution in [2.75, 3.05) is 6.26 Å². The highest BCUT2D eigenvalue weighted by atomic mass is 32.2. The molecule has 4 heteroatoms. The molecule has 80 valence electrons. The quantitative estimate of drug-likeness (QED) is 0.695. The first-order valence-corrected chi connectivity index (χ1v) is 6.26. The van der Waals surface area contributed by atoms with Crippen molar-refractivity contribution in [2.45, 2.75) is 37.8 Å². The van der Waals surface area contributed by atoms with Crippen LogP contribution in [0.2, 0.25) is 0 Å². The Hall–Kier alpha value is -0.480. The maximum absolute atomic E-state index is 11.3. The number of carbonyl (C=O) groups is 1. The summed E-state index contributed by atoms with van der Waals surface area (Å²) in [4.78, 5) is 11.3. The van der Waals surface area contributed by atoms with Gasteiger partial charge in [0.15, 0.2) is 0 Å². The predicted octanol–water partition coefficient (Wildman–Crippen LogP) is 1.25. The van der Waals surface area contributed by atoms with Gasteiger partial charge < -0.3 is 11.1 Å². The van der Waals surface area contributed by atoms with Gasteiger partial charge in [0.1, 0.15) is 0 Å². The molecule has 2 atom stereocenters. The molecule has 0 saturated heterocycles. The molecule has 1 aliphatic rings. The van der Waals surface area contributed by atoms with Gasteiger partial charge in [0, 0.05) is 18.2 Å². The first-order chi connectivity index (χ1) is 6.72. The van der Waals surface area contributed by atoms with Crippen LogP contribution in [-0.4, -0.2) is 24.2 Å². The van der Waals surface area contributed by atoms with Gasteiger partial charge in [-0.2, -0.15) is 0 Å². The molecule has 2 unspecified atom stereocenters. The van der Waals surface area contributed by atoms with E-state index in [1.165, 1.54) is 11.8 Å². The molecule has 0 spiro atoms. The third-order valence-corrected chi connectivity index (χ3v) is 2.82. The molecular weight excluding hydrogens is 196 g/mol. The fourth-order valence-corrected chi connectivity index (χ4v) is 2.00. The van der Waals surface area contributed by atoms with E-state index >= 15 is 0 Å². The number of rotatable bonds is 3. The summed E-state index contributed by atoms with van der Waals surface area (Å²) < 4.78 is 0. The van der Waals surface area contributed by atoms with Crippen LogP contribution >= 0.6 is 11.8 Å². The van der Waals surface area contributed by atoms with Gasteiger partial charge in [0.05, 0.1) is 0 Å². The van der Waals surface area contributed by atoms with Crippen molar-refractivity contribution in [3.8, 4) is 0 Å². The summed E-state index contributed by atoms with van der Waals surface area (Å²) in [7, 11) is 0. The van der Waals surface area contributed by atoms with Gasteiger partial charge in [-0.25, -0.2) is 0 Å². The van der Waals surface area contributed by atoms with Crippen LogP contribution in [0, 0.1) is 0 Å². The number of nitrogens with two attached hydrogens (primary N) is 1. The van der Waals surface area contributed by atoms with Gasteiger partial charge in [0.25, 0.3) is 0 Å². The maximum atomic E-state index is 11.3. The summed E-state index contributed by atoms with van der Waals surface area (Å²) in [5.41, 5.74) is 5.83. The molecule has 1 amide bonds. The lowest BCUT2D eigenvalue weighted by molar-refractivity contribution is -0.117. The largest absolute Gasteiger partial charge is 0.350 e. The Morgan fingerprint density at radius 2 is 2.36 bits per heavy atom. The zero-order valence-electron chi connectivity index (χ0n) is 8.53. The van der Waals surface area contributed by atoms with Gasteiger partial charge in [-0.05, 0) is 37.3 Å². The van der Waals surface area contributed by atoms with Crippen LogP contribution in [0.25, 0.3) is 0 Å². The Balaban J connectivity index is 2.28. The van der Waals surface area contributed by atoms with Crippen molar-refractivity contribution >= 4 is 17.7 Å². The molecule has 1 rings (SSSR count). The Bertz CT molecular complexity index is 218. The standard InChI is InChI=1S/C10H18N2OS/c1-14-6-5-10(13)12-9-4-2-3-8(11)7-9/h5-6,8-9H,2-4,7,11H2,1H3,(H,12,13)/b6-5+. The Morgan fingerprint density at radius 3 is 3.00 bits per heavy atom. The van der Waals surface area contributed by atoms with E-state index in [0.29, 0.717) is 0 Å². The summed E-state index contributed by atoms with van der Waals surface area (Å²) >= 11 is 1.53. The predicted molar refractivity (Wildman–Crippen MR) is 61.0 cm³/mol. The van der Waals surface area contributed by atoms with E-state index in [1.54, 1.807) is 11.5 Å². The van der Waals surface area contributed by atoms with Crippen molar-refractivity contribution in [2.24, 2.45) is 5.73 Å². The van der Waals surface area contributed by atoms with E-state index in [4.69, 9.17) is 5.73 Å². The molecular formula is C10H18N2OS. The van der Waals surface area contributed by atoms with Crippen molar-refractivity contribution in [3.63, 3.8) is 0 Å². The first kappa shape index (κ1) is 11.6. The topological polar surface area (TPSA) is 55.1 Å². The number of amides is 1. The van der Waals surface area contributed by atoms with Crippen LogP contribution in [0.3, 0.4) is 0 Å². The maximum Gasteiger partial charge on any atom is 0.244 e. The minimum absolute atomic E-state index is 0.00144. The first-order valence-electron chi connectivity index (χ1n) is 4.98. The molecule has 1 saturated carbocycles. The van der Waals surface area contributed by atoms with Crippen molar-refractivity contribution in [3.05, 3.63) is 11.5 Å². The third-order valence-electron chi connectivity index (χ3n) is 2.42. The fraction of sp³-hybridized carbons (Fsp3) is 0.700. The molecule has 0 aromatic rings. The van der Waals surface area contributed by atoms with Gasteiger partial charge in [-0.15, -0.1) is 11.8 Å². The number of nitrogens with one attached hydrogen (secondary N) is 1. The fourth-order valence-electron chi connectivity index (χ4n) is 1.74. The smallest absolute Gasteiger partial charge is 0.244 e. The molecule has 0 aromatic heterocycles. The third kappa shape index (κ3) is 4.15. The molecule has 3 N–H and O–H groups in total. The molecule has 0 radical (unpaired) electrons. The Morgan fingerprint density at radius 1 is 1.57 bits per heavy atom. The molecule has 3 nitrogen and oxygen atoms in total. The highest BCUT2D eigenvalue weighted by Gasteiger charge is 2.19. The summed E-state index contributed by atoms with van der Waals surface area (Å²) in [6.45, 7) is 0. The van der Waals surface area contributed by atoms with E-state index in [2.05, 4.69) is 5.32 Å². The normalized spacial score (nSPS) is 27.9. The van der Waals surface area contributed by atoms with Crippen LogP contribution < -0.4 is 11.1 Å². The minimum Gasteiger partial charge on any atom is -0.350 e. The average molecular weight is 214 g/mol. The summed E-state index contributed by atoms with van der Waals surface area (Å²) in [5, 5.41) is 4.75. The van der Waals surface area contributed by atoms with E-state index in [9.17, 15) is 4.79 Å². The summed E-state index contributed by atoms with van der Waals surface area (Å²) in [5.74, 6) is -0.00144. The Kier molecular flexibility index (Phi) is 5.04. The average Bonchev–Trinajstić information content (AvgIpc) is 2.15. The molecule has 0 bridgehead atoms. The number of hydrogen-bond acceptors (Lipinski definition) is 3. The lowest BCUT2D eigenvalue weighted by Crippen LogP contribution is -2.41. The number of hydrogen-bond donors (Lipinski definition) is 2. The zero-order chi connectivity index (χ0) is 10.4. The van der Waals surface area contributed by atoms with E-state index < -0.39 is 0 Å². The summed E-state index contributed by atoms with van der Waals surface area (Å²) in [6.07, 6.45) is 7.70. The number of carbonyl (C=O) groups excluding carboxylic acids is 1. The molecule has 1 aliphatic carbocycles.